The second kappa shape index (κ2) is 16.1. The first-order valence-electron chi connectivity index (χ1n) is 13.1. The second-order valence-electron chi connectivity index (χ2n) is 9.89. The predicted molar refractivity (Wildman–Crippen MR) is 135 cm³/mol. The number of carbonyl (C=O) groups is 1. The third kappa shape index (κ3) is 10.9. The minimum atomic E-state index is -0.368. The van der Waals surface area contributed by atoms with Crippen molar-refractivity contribution in [2.75, 3.05) is 26.4 Å². The lowest BCUT2D eigenvalue weighted by Crippen LogP contribution is -2.18. The van der Waals surface area contributed by atoms with E-state index in [0.29, 0.717) is 25.2 Å². The van der Waals surface area contributed by atoms with Crippen LogP contribution in [0.1, 0.15) is 95.1 Å². The number of aliphatic hydroxyl groups excluding tert-OH is 1. The molecule has 4 nitrogen and oxygen atoms in total. The van der Waals surface area contributed by atoms with E-state index < -0.39 is 0 Å². The lowest BCUT2D eigenvalue weighted by molar-refractivity contribution is -0.139. The number of carbonyl (C=O) groups excluding carboxylic acids is 1. The molecule has 0 aromatic heterocycles. The molecule has 186 valence electrons. The summed E-state index contributed by atoms with van der Waals surface area (Å²) in [6.45, 7) is 8.94. The van der Waals surface area contributed by atoms with Crippen LogP contribution in [0.3, 0.4) is 0 Å². The average Bonchev–Trinajstić information content (AvgIpc) is 2.83. The Morgan fingerprint density at radius 2 is 1.70 bits per heavy atom. The maximum Gasteiger partial charge on any atom is 0.333 e. The summed E-state index contributed by atoms with van der Waals surface area (Å²) >= 11 is 0. The number of aliphatic hydroxyl groups is 1. The number of esters is 1. The van der Waals surface area contributed by atoms with Crippen LogP contribution in [0.4, 0.5) is 0 Å². The summed E-state index contributed by atoms with van der Waals surface area (Å²) in [7, 11) is 0. The first kappa shape index (κ1) is 27.6. The highest BCUT2D eigenvalue weighted by atomic mass is 16.5. The van der Waals surface area contributed by atoms with Crippen LogP contribution in [0.5, 0.6) is 0 Å². The molecule has 33 heavy (non-hydrogen) atoms. The van der Waals surface area contributed by atoms with Gasteiger partial charge in [-0.2, -0.15) is 0 Å². The number of benzene rings is 1. The largest absolute Gasteiger partial charge is 0.462 e. The number of aryl methyl sites for hydroxylation is 1. The maximum atomic E-state index is 11.8. The van der Waals surface area contributed by atoms with Crippen LogP contribution in [-0.4, -0.2) is 37.5 Å². The summed E-state index contributed by atoms with van der Waals surface area (Å²) in [5.41, 5.74) is 2.90. The molecule has 0 bridgehead atoms. The Morgan fingerprint density at radius 3 is 2.30 bits per heavy atom. The Balaban J connectivity index is 1.80. The van der Waals surface area contributed by atoms with Gasteiger partial charge in [0.15, 0.2) is 0 Å². The summed E-state index contributed by atoms with van der Waals surface area (Å²) in [4.78, 5) is 11.8. The van der Waals surface area contributed by atoms with Gasteiger partial charge in [0.25, 0.3) is 0 Å². The summed E-state index contributed by atoms with van der Waals surface area (Å²) in [6.07, 6.45) is 14.2. The van der Waals surface area contributed by atoms with Crippen LogP contribution < -0.4 is 0 Å². The third-order valence-electron chi connectivity index (χ3n) is 7.00. The van der Waals surface area contributed by atoms with Crippen LogP contribution in [0.15, 0.2) is 36.4 Å². The summed E-state index contributed by atoms with van der Waals surface area (Å²) < 4.78 is 11.1. The fourth-order valence-electron chi connectivity index (χ4n) is 4.75. The topological polar surface area (TPSA) is 55.8 Å². The molecule has 0 saturated heterocycles. The van der Waals surface area contributed by atoms with E-state index in [4.69, 9.17) is 14.6 Å². The quantitative estimate of drug-likeness (QED) is 0.172. The normalized spacial score (nSPS) is 19.2. The zero-order chi connectivity index (χ0) is 23.9. The molecule has 1 atom stereocenters. The maximum absolute atomic E-state index is 11.8. The molecule has 1 aromatic rings. The SMILES string of the molecule is C=C(C)C(=O)OCC(COCCCO)c1ccc(CCC2CCC(CCCCC)CC2)cc1. The van der Waals surface area contributed by atoms with Crippen molar-refractivity contribution in [2.24, 2.45) is 11.8 Å². The molecule has 2 rings (SSSR count). The molecule has 0 amide bonds. The summed E-state index contributed by atoms with van der Waals surface area (Å²) in [5, 5.41) is 8.96. The Labute approximate surface area is 201 Å². The van der Waals surface area contributed by atoms with Gasteiger partial charge in [-0.1, -0.05) is 89.1 Å². The fourth-order valence-corrected chi connectivity index (χ4v) is 4.75. The Morgan fingerprint density at radius 1 is 1.03 bits per heavy atom. The molecule has 1 fully saturated rings. The van der Waals surface area contributed by atoms with Crippen molar-refractivity contribution in [1.82, 2.24) is 0 Å². The van der Waals surface area contributed by atoms with Gasteiger partial charge in [-0.25, -0.2) is 4.79 Å². The second-order valence-corrected chi connectivity index (χ2v) is 9.89. The van der Waals surface area contributed by atoms with E-state index in [0.717, 1.165) is 23.8 Å². The summed E-state index contributed by atoms with van der Waals surface area (Å²) in [6, 6.07) is 8.73. The van der Waals surface area contributed by atoms with Gasteiger partial charge in [-0.3, -0.25) is 0 Å². The van der Waals surface area contributed by atoms with Gasteiger partial charge >= 0.3 is 5.97 Å². The predicted octanol–water partition coefficient (Wildman–Crippen LogP) is 6.61. The lowest BCUT2D eigenvalue weighted by atomic mass is 9.77. The van der Waals surface area contributed by atoms with E-state index in [1.807, 2.05) is 0 Å². The first-order valence-corrected chi connectivity index (χ1v) is 13.1. The van der Waals surface area contributed by atoms with Crippen LogP contribution in [0, 0.1) is 11.8 Å². The Kier molecular flexibility index (Phi) is 13.4. The van der Waals surface area contributed by atoms with Crippen LogP contribution >= 0.6 is 0 Å². The Bertz CT molecular complexity index is 673. The third-order valence-corrected chi connectivity index (χ3v) is 7.00. The van der Waals surface area contributed by atoms with Gasteiger partial charge < -0.3 is 14.6 Å². The molecule has 1 saturated carbocycles. The van der Waals surface area contributed by atoms with E-state index in [-0.39, 0.29) is 25.1 Å². The van der Waals surface area contributed by atoms with Crippen molar-refractivity contribution in [3.8, 4) is 0 Å². The number of rotatable bonds is 16. The Hall–Kier alpha value is -1.65. The van der Waals surface area contributed by atoms with Gasteiger partial charge in [0.1, 0.15) is 6.61 Å². The molecule has 1 aliphatic rings. The highest BCUT2D eigenvalue weighted by Gasteiger charge is 2.21. The molecule has 4 heteroatoms. The standard InChI is InChI=1S/C29H46O4/c1-4-5-6-8-24-9-11-25(12-10-24)13-14-26-15-17-27(18-16-26)28(21-32-20-7-19-30)22-33-29(31)23(2)3/h15-18,24-25,28,30H,2,4-14,19-22H2,1,3H3. The monoisotopic (exact) mass is 458 g/mol. The van der Waals surface area contributed by atoms with Crippen molar-refractivity contribution >= 4 is 5.97 Å². The van der Waals surface area contributed by atoms with Crippen molar-refractivity contribution in [1.29, 1.82) is 0 Å². The highest BCUT2D eigenvalue weighted by molar-refractivity contribution is 5.86. The van der Waals surface area contributed by atoms with Crippen molar-refractivity contribution < 1.29 is 19.4 Å². The molecule has 1 unspecified atom stereocenters. The number of hydrogen-bond donors (Lipinski definition) is 1. The van der Waals surface area contributed by atoms with Gasteiger partial charge in [0, 0.05) is 24.7 Å². The summed E-state index contributed by atoms with van der Waals surface area (Å²) in [5.74, 6) is 1.46. The van der Waals surface area contributed by atoms with Gasteiger partial charge in [-0.05, 0) is 49.1 Å². The molecule has 0 radical (unpaired) electrons. The zero-order valence-corrected chi connectivity index (χ0v) is 21.0. The minimum absolute atomic E-state index is 0.0240. The molecular formula is C29H46O4. The molecule has 1 N–H and O–H groups in total. The van der Waals surface area contributed by atoms with Crippen molar-refractivity contribution in [3.05, 3.63) is 47.5 Å². The van der Waals surface area contributed by atoms with Crippen LogP contribution in [0.25, 0.3) is 0 Å². The smallest absolute Gasteiger partial charge is 0.333 e. The van der Waals surface area contributed by atoms with E-state index in [1.54, 1.807) is 6.92 Å². The van der Waals surface area contributed by atoms with Gasteiger partial charge in [0.2, 0.25) is 0 Å². The van der Waals surface area contributed by atoms with Crippen molar-refractivity contribution in [2.45, 2.75) is 90.4 Å². The molecular weight excluding hydrogens is 412 g/mol. The van der Waals surface area contributed by atoms with E-state index in [2.05, 4.69) is 37.8 Å². The minimum Gasteiger partial charge on any atom is -0.462 e. The number of hydrogen-bond acceptors (Lipinski definition) is 4. The van der Waals surface area contributed by atoms with Gasteiger partial charge in [0.05, 0.1) is 6.61 Å². The van der Waals surface area contributed by atoms with Gasteiger partial charge in [-0.15, -0.1) is 0 Å². The first-order chi connectivity index (χ1) is 16.0. The van der Waals surface area contributed by atoms with Crippen LogP contribution in [0.2, 0.25) is 0 Å². The highest BCUT2D eigenvalue weighted by Crippen LogP contribution is 2.34. The lowest BCUT2D eigenvalue weighted by Gasteiger charge is -2.28. The van der Waals surface area contributed by atoms with E-state index in [9.17, 15) is 4.79 Å². The van der Waals surface area contributed by atoms with E-state index in [1.165, 1.54) is 63.4 Å². The fraction of sp³-hybridized carbons (Fsp3) is 0.690. The average molecular weight is 459 g/mol. The molecule has 0 heterocycles. The zero-order valence-electron chi connectivity index (χ0n) is 21.0. The van der Waals surface area contributed by atoms with E-state index >= 15 is 0 Å². The molecule has 1 aliphatic carbocycles. The molecule has 1 aromatic carbocycles. The molecule has 0 aliphatic heterocycles. The van der Waals surface area contributed by atoms with Crippen LogP contribution in [-0.2, 0) is 20.7 Å². The number of unbranched alkanes of at least 4 members (excludes halogenated alkanes) is 2. The van der Waals surface area contributed by atoms with Crippen molar-refractivity contribution in [3.63, 3.8) is 0 Å². The molecule has 0 spiro atoms. The number of ether oxygens (including phenoxy) is 2.